The molecule has 5 nitrogen and oxygen atoms in total. The predicted octanol–water partition coefficient (Wildman–Crippen LogP) is 5.46. The van der Waals surface area contributed by atoms with Crippen LogP contribution in [0.2, 0.25) is 0 Å². The molecule has 3 fully saturated rings. The Morgan fingerprint density at radius 2 is 1.66 bits per heavy atom. The molecule has 3 saturated carbocycles. The SMILES string of the molecule is CC1(C)CC[C@]2(C(=O)O)CC[C@]3(C)C(=CCC4[C@@]5(C)C[C@@H](O)[C@H](O)C6(C)COC(=C65)C[C@]43C)C2C1. The van der Waals surface area contributed by atoms with Gasteiger partial charge < -0.3 is 20.1 Å². The molecule has 0 saturated heterocycles. The number of hydrogen-bond acceptors (Lipinski definition) is 4. The maximum atomic E-state index is 12.8. The topological polar surface area (TPSA) is 87.0 Å². The molecular weight excluding hydrogens is 440 g/mol. The molecule has 5 heteroatoms. The van der Waals surface area contributed by atoms with Crippen LogP contribution in [0.1, 0.15) is 92.9 Å². The summed E-state index contributed by atoms with van der Waals surface area (Å²) in [6, 6.07) is 0. The maximum absolute atomic E-state index is 12.8. The van der Waals surface area contributed by atoms with Crippen LogP contribution >= 0.6 is 0 Å². The number of aliphatic hydroxyl groups is 2. The van der Waals surface area contributed by atoms with Crippen molar-refractivity contribution in [3.05, 3.63) is 23.0 Å². The summed E-state index contributed by atoms with van der Waals surface area (Å²) >= 11 is 0. The van der Waals surface area contributed by atoms with Gasteiger partial charge in [-0.3, -0.25) is 4.79 Å². The van der Waals surface area contributed by atoms with Crippen molar-refractivity contribution in [1.82, 2.24) is 0 Å². The highest BCUT2D eigenvalue weighted by atomic mass is 16.5. The molecule has 5 aliphatic carbocycles. The summed E-state index contributed by atoms with van der Waals surface area (Å²) in [6.45, 7) is 14.3. The number of carboxylic acid groups (broad SMARTS) is 1. The number of fused-ring (bicyclic) bond motifs is 6. The Hall–Kier alpha value is -1.33. The van der Waals surface area contributed by atoms with E-state index in [1.54, 1.807) is 0 Å². The molecule has 0 amide bonds. The molecule has 194 valence electrons. The van der Waals surface area contributed by atoms with E-state index in [0.717, 1.165) is 50.7 Å². The summed E-state index contributed by atoms with van der Waals surface area (Å²) in [5.41, 5.74) is 1.16. The van der Waals surface area contributed by atoms with Gasteiger partial charge in [0, 0.05) is 6.42 Å². The van der Waals surface area contributed by atoms with Gasteiger partial charge in [0.05, 0.1) is 35.4 Å². The Labute approximate surface area is 210 Å². The first-order chi connectivity index (χ1) is 16.1. The van der Waals surface area contributed by atoms with E-state index in [1.807, 2.05) is 0 Å². The van der Waals surface area contributed by atoms with Gasteiger partial charge in [0.1, 0.15) is 0 Å². The predicted molar refractivity (Wildman–Crippen MR) is 133 cm³/mol. The van der Waals surface area contributed by atoms with E-state index in [-0.39, 0.29) is 27.6 Å². The monoisotopic (exact) mass is 484 g/mol. The van der Waals surface area contributed by atoms with Crippen LogP contribution < -0.4 is 0 Å². The lowest BCUT2D eigenvalue weighted by atomic mass is 9.35. The molecule has 0 bridgehead atoms. The molecule has 35 heavy (non-hydrogen) atoms. The van der Waals surface area contributed by atoms with E-state index in [2.05, 4.69) is 47.6 Å². The molecule has 0 spiro atoms. The molecular formula is C30H44O5. The zero-order valence-corrected chi connectivity index (χ0v) is 22.4. The highest BCUT2D eigenvalue weighted by molar-refractivity contribution is 5.76. The van der Waals surface area contributed by atoms with Crippen LogP contribution in [-0.2, 0) is 9.53 Å². The number of allylic oxidation sites excluding steroid dienone is 3. The van der Waals surface area contributed by atoms with Gasteiger partial charge in [-0.2, -0.15) is 0 Å². The van der Waals surface area contributed by atoms with Crippen LogP contribution in [0.15, 0.2) is 23.0 Å². The number of ether oxygens (including phenoxy) is 1. The number of aliphatic carboxylic acids is 1. The average Bonchev–Trinajstić information content (AvgIpc) is 3.10. The minimum atomic E-state index is -0.798. The zero-order chi connectivity index (χ0) is 25.4. The van der Waals surface area contributed by atoms with Gasteiger partial charge in [-0.1, -0.05) is 46.3 Å². The molecule has 1 aliphatic heterocycles. The lowest BCUT2D eigenvalue weighted by Crippen LogP contribution is -2.64. The van der Waals surface area contributed by atoms with Gasteiger partial charge >= 0.3 is 5.97 Å². The smallest absolute Gasteiger partial charge is 0.310 e. The maximum Gasteiger partial charge on any atom is 0.310 e. The molecule has 0 radical (unpaired) electrons. The number of carbonyl (C=O) groups is 1. The number of carboxylic acids is 1. The van der Waals surface area contributed by atoms with Gasteiger partial charge in [-0.25, -0.2) is 0 Å². The first-order valence-electron chi connectivity index (χ1n) is 13.8. The highest BCUT2D eigenvalue weighted by Gasteiger charge is 2.71. The zero-order valence-electron chi connectivity index (χ0n) is 22.4. The van der Waals surface area contributed by atoms with Gasteiger partial charge in [-0.05, 0) is 90.9 Å². The molecule has 0 aromatic heterocycles. The van der Waals surface area contributed by atoms with Crippen molar-refractivity contribution >= 4 is 5.97 Å². The Kier molecular flexibility index (Phi) is 4.64. The summed E-state index contributed by atoms with van der Waals surface area (Å²) in [5, 5.41) is 32.6. The van der Waals surface area contributed by atoms with Crippen molar-refractivity contribution in [1.29, 1.82) is 0 Å². The fourth-order valence-electron chi connectivity index (χ4n) is 10.6. The molecule has 0 aromatic rings. The van der Waals surface area contributed by atoms with Crippen molar-refractivity contribution < 1.29 is 24.9 Å². The van der Waals surface area contributed by atoms with Crippen LogP contribution in [0, 0.1) is 44.3 Å². The van der Waals surface area contributed by atoms with Gasteiger partial charge in [0.2, 0.25) is 0 Å². The third kappa shape index (κ3) is 2.65. The Bertz CT molecular complexity index is 1060. The Morgan fingerprint density at radius 1 is 0.971 bits per heavy atom. The fourth-order valence-corrected chi connectivity index (χ4v) is 10.6. The van der Waals surface area contributed by atoms with Gasteiger partial charge in [0.15, 0.2) is 0 Å². The third-order valence-corrected chi connectivity index (χ3v) is 12.7. The van der Waals surface area contributed by atoms with Crippen molar-refractivity contribution in [3.63, 3.8) is 0 Å². The fraction of sp³-hybridized carbons (Fsp3) is 0.833. The van der Waals surface area contributed by atoms with Crippen molar-refractivity contribution in [2.24, 2.45) is 44.3 Å². The second-order valence-electron chi connectivity index (χ2n) is 14.9. The van der Waals surface area contributed by atoms with Crippen molar-refractivity contribution in [2.75, 3.05) is 6.61 Å². The quantitative estimate of drug-likeness (QED) is 0.430. The number of rotatable bonds is 1. The molecule has 0 aromatic carbocycles. The average molecular weight is 485 g/mol. The van der Waals surface area contributed by atoms with Crippen LogP contribution in [-0.4, -0.2) is 40.1 Å². The minimum Gasteiger partial charge on any atom is -0.497 e. The van der Waals surface area contributed by atoms with E-state index in [0.29, 0.717) is 18.9 Å². The third-order valence-electron chi connectivity index (χ3n) is 12.7. The molecule has 3 N–H and O–H groups in total. The molecule has 9 atom stereocenters. The highest BCUT2D eigenvalue weighted by Crippen LogP contribution is 2.76. The summed E-state index contributed by atoms with van der Waals surface area (Å²) in [6.07, 6.45) is 7.48. The standard InChI is InChI=1S/C30H44O5/c1-25(2)9-11-30(24(33)34)12-10-28(5)17(18(30)13-25)7-8-21-26(3)14-19(31)23(32)27(4)16-35-20(22(26)27)15-29(21,28)6/h7,18-19,21,23,31-32H,8-16H2,1-6H3,(H,33,34)/t18?,19-,21?,23+,26-,27?,28-,29-,30+/m1/s1. The normalized spacial score (nSPS) is 54.0. The lowest BCUT2D eigenvalue weighted by Gasteiger charge is -2.68. The number of hydrogen-bond donors (Lipinski definition) is 3. The van der Waals surface area contributed by atoms with Crippen LogP contribution in [0.3, 0.4) is 0 Å². The lowest BCUT2D eigenvalue weighted by molar-refractivity contribution is -0.169. The summed E-state index contributed by atoms with van der Waals surface area (Å²) in [5.74, 6) is 0.839. The van der Waals surface area contributed by atoms with Crippen LogP contribution in [0.25, 0.3) is 0 Å². The van der Waals surface area contributed by atoms with E-state index >= 15 is 0 Å². The first kappa shape index (κ1) is 24.0. The van der Waals surface area contributed by atoms with Gasteiger partial charge in [-0.15, -0.1) is 0 Å². The van der Waals surface area contributed by atoms with Crippen molar-refractivity contribution in [2.45, 2.75) is 105 Å². The van der Waals surface area contributed by atoms with Crippen molar-refractivity contribution in [3.8, 4) is 0 Å². The Balaban J connectivity index is 1.50. The van der Waals surface area contributed by atoms with E-state index in [1.165, 1.54) is 11.1 Å². The van der Waals surface area contributed by atoms with Crippen LogP contribution in [0.4, 0.5) is 0 Å². The van der Waals surface area contributed by atoms with Gasteiger partial charge in [0.25, 0.3) is 0 Å². The number of aliphatic hydroxyl groups excluding tert-OH is 2. The van der Waals surface area contributed by atoms with Crippen LogP contribution in [0.5, 0.6) is 0 Å². The molecule has 3 unspecified atom stereocenters. The molecule has 6 aliphatic rings. The van der Waals surface area contributed by atoms with E-state index in [9.17, 15) is 20.1 Å². The second kappa shape index (κ2) is 6.75. The summed E-state index contributed by atoms with van der Waals surface area (Å²) < 4.78 is 6.39. The van der Waals surface area contributed by atoms with E-state index < -0.39 is 29.0 Å². The van der Waals surface area contributed by atoms with E-state index in [4.69, 9.17) is 4.74 Å². The Morgan fingerprint density at radius 3 is 2.34 bits per heavy atom. The summed E-state index contributed by atoms with van der Waals surface area (Å²) in [4.78, 5) is 12.8. The summed E-state index contributed by atoms with van der Waals surface area (Å²) in [7, 11) is 0. The molecule has 1 heterocycles. The largest absolute Gasteiger partial charge is 0.497 e. The minimum absolute atomic E-state index is 0.0805. The first-order valence-corrected chi connectivity index (χ1v) is 13.8. The second-order valence-corrected chi connectivity index (χ2v) is 14.9. The molecule has 6 rings (SSSR count).